The molecule has 0 fully saturated rings. The summed E-state index contributed by atoms with van der Waals surface area (Å²) in [7, 11) is -3.82. The Morgan fingerprint density at radius 3 is 2.69 bits per heavy atom. The van der Waals surface area contributed by atoms with Gasteiger partial charge >= 0.3 is 7.82 Å². The van der Waals surface area contributed by atoms with Crippen molar-refractivity contribution in [3.8, 4) is 0 Å². The highest BCUT2D eigenvalue weighted by atomic mass is 31.2. The van der Waals surface area contributed by atoms with Crippen LogP contribution in [0.1, 0.15) is 26.2 Å². The summed E-state index contributed by atoms with van der Waals surface area (Å²) in [6, 6.07) is 0. The van der Waals surface area contributed by atoms with E-state index in [0.29, 0.717) is 0 Å². The predicted molar refractivity (Wildman–Crippen MR) is 51.5 cm³/mol. The van der Waals surface area contributed by atoms with E-state index in [4.69, 9.17) is 4.89 Å². The van der Waals surface area contributed by atoms with E-state index in [1.165, 1.54) is 6.08 Å². The minimum Gasteiger partial charge on any atom is -0.302 e. The van der Waals surface area contributed by atoms with Crippen LogP contribution in [0.2, 0.25) is 0 Å². The van der Waals surface area contributed by atoms with Gasteiger partial charge in [0.15, 0.2) is 0 Å². The van der Waals surface area contributed by atoms with Crippen LogP contribution in [-0.2, 0) is 13.6 Å². The van der Waals surface area contributed by atoms with Crippen LogP contribution in [0.5, 0.6) is 0 Å². The van der Waals surface area contributed by atoms with Crippen LogP contribution in [0.15, 0.2) is 12.7 Å². The molecule has 0 heterocycles. The monoisotopic (exact) mass is 208 g/mol. The molecule has 0 saturated carbocycles. The van der Waals surface area contributed by atoms with Crippen molar-refractivity contribution in [3.63, 3.8) is 0 Å². The first kappa shape index (κ1) is 12.8. The molecule has 0 bridgehead atoms. The fourth-order valence-corrected chi connectivity index (χ4v) is 1.44. The fraction of sp³-hybridized carbons (Fsp3) is 0.750. The van der Waals surface area contributed by atoms with Gasteiger partial charge in [-0.15, -0.1) is 6.58 Å². The number of phosphoric acid groups is 1. The van der Waals surface area contributed by atoms with E-state index < -0.39 is 7.82 Å². The molecule has 0 amide bonds. The summed E-state index contributed by atoms with van der Waals surface area (Å²) in [6.07, 6.45) is 4.21. The zero-order valence-electron chi connectivity index (χ0n) is 7.94. The van der Waals surface area contributed by atoms with Gasteiger partial charge in [0.05, 0.1) is 13.2 Å². The van der Waals surface area contributed by atoms with Crippen LogP contribution in [0, 0.1) is 0 Å². The Labute approximate surface area is 79.2 Å². The number of hydrogen-bond donors (Lipinski definition) is 1. The summed E-state index contributed by atoms with van der Waals surface area (Å²) >= 11 is 0. The first-order valence-corrected chi connectivity index (χ1v) is 5.84. The SMILES string of the molecule is C=CCOP(=O)(O)OCCCCC. The van der Waals surface area contributed by atoms with E-state index in [2.05, 4.69) is 15.6 Å². The molecule has 0 aliphatic carbocycles. The van der Waals surface area contributed by atoms with Crippen molar-refractivity contribution in [2.75, 3.05) is 13.2 Å². The molecule has 0 rings (SSSR count). The third-order valence-electron chi connectivity index (χ3n) is 1.36. The average Bonchev–Trinajstić information content (AvgIpc) is 2.09. The molecule has 78 valence electrons. The van der Waals surface area contributed by atoms with Crippen LogP contribution in [-0.4, -0.2) is 18.1 Å². The maximum Gasteiger partial charge on any atom is 0.472 e. The van der Waals surface area contributed by atoms with E-state index in [1.807, 2.05) is 6.92 Å². The van der Waals surface area contributed by atoms with Crippen LogP contribution < -0.4 is 0 Å². The van der Waals surface area contributed by atoms with E-state index in [1.54, 1.807) is 0 Å². The smallest absolute Gasteiger partial charge is 0.302 e. The first-order valence-electron chi connectivity index (χ1n) is 4.35. The Kier molecular flexibility index (Phi) is 7.19. The largest absolute Gasteiger partial charge is 0.472 e. The first-order chi connectivity index (χ1) is 6.12. The summed E-state index contributed by atoms with van der Waals surface area (Å²) in [6.45, 7) is 5.70. The van der Waals surface area contributed by atoms with Crippen molar-refractivity contribution in [1.29, 1.82) is 0 Å². The summed E-state index contributed by atoms with van der Waals surface area (Å²) in [4.78, 5) is 9.01. The molecule has 0 spiro atoms. The van der Waals surface area contributed by atoms with Gasteiger partial charge in [-0.3, -0.25) is 9.05 Å². The van der Waals surface area contributed by atoms with E-state index in [0.717, 1.165) is 19.3 Å². The lowest BCUT2D eigenvalue weighted by Gasteiger charge is -2.10. The lowest BCUT2D eigenvalue weighted by Crippen LogP contribution is -1.96. The number of unbranched alkanes of at least 4 members (excludes halogenated alkanes) is 2. The molecule has 4 nitrogen and oxygen atoms in total. The Hall–Kier alpha value is -0.150. The second kappa shape index (κ2) is 7.27. The lowest BCUT2D eigenvalue weighted by molar-refractivity contribution is 0.159. The maximum atomic E-state index is 11.0. The topological polar surface area (TPSA) is 55.8 Å². The highest BCUT2D eigenvalue weighted by Crippen LogP contribution is 2.43. The lowest BCUT2D eigenvalue weighted by atomic mass is 10.3. The molecule has 0 saturated heterocycles. The van der Waals surface area contributed by atoms with Gasteiger partial charge in [0.1, 0.15) is 0 Å². The summed E-state index contributed by atoms with van der Waals surface area (Å²) in [5, 5.41) is 0. The minimum absolute atomic E-state index is 0.0293. The van der Waals surface area contributed by atoms with Gasteiger partial charge in [0.25, 0.3) is 0 Å². The van der Waals surface area contributed by atoms with Crippen LogP contribution in [0.4, 0.5) is 0 Å². The van der Waals surface area contributed by atoms with Gasteiger partial charge in [0.2, 0.25) is 0 Å². The second-order valence-corrected chi connectivity index (χ2v) is 4.05. The number of rotatable bonds is 8. The predicted octanol–water partition coefficient (Wildman–Crippen LogP) is 2.50. The molecular weight excluding hydrogens is 191 g/mol. The molecule has 1 N–H and O–H groups in total. The third kappa shape index (κ3) is 8.19. The van der Waals surface area contributed by atoms with Gasteiger partial charge in [-0.1, -0.05) is 25.8 Å². The normalized spacial score (nSPS) is 15.2. The second-order valence-electron chi connectivity index (χ2n) is 2.59. The summed E-state index contributed by atoms with van der Waals surface area (Å²) in [5.74, 6) is 0. The highest BCUT2D eigenvalue weighted by Gasteiger charge is 2.19. The van der Waals surface area contributed by atoms with Gasteiger partial charge < -0.3 is 4.89 Å². The van der Waals surface area contributed by atoms with Crippen LogP contribution in [0.25, 0.3) is 0 Å². The van der Waals surface area contributed by atoms with Crippen molar-refractivity contribution >= 4 is 7.82 Å². The van der Waals surface area contributed by atoms with Gasteiger partial charge in [-0.25, -0.2) is 4.57 Å². The zero-order chi connectivity index (χ0) is 10.2. The Morgan fingerprint density at radius 1 is 1.46 bits per heavy atom. The standard InChI is InChI=1S/C8H17O4P/c1-3-5-6-8-12-13(9,10)11-7-4-2/h4H,2-3,5-8H2,1H3,(H,9,10). The molecule has 0 aliphatic rings. The fourth-order valence-electron chi connectivity index (χ4n) is 0.716. The molecule has 0 aliphatic heterocycles. The third-order valence-corrected chi connectivity index (χ3v) is 2.34. The zero-order valence-corrected chi connectivity index (χ0v) is 8.83. The van der Waals surface area contributed by atoms with Crippen molar-refractivity contribution in [2.45, 2.75) is 26.2 Å². The van der Waals surface area contributed by atoms with Crippen LogP contribution >= 0.6 is 7.82 Å². The van der Waals surface area contributed by atoms with E-state index in [-0.39, 0.29) is 13.2 Å². The van der Waals surface area contributed by atoms with E-state index in [9.17, 15) is 4.57 Å². The molecule has 1 atom stereocenters. The molecule has 0 aromatic rings. The quantitative estimate of drug-likeness (QED) is 0.378. The van der Waals surface area contributed by atoms with Crippen molar-refractivity contribution in [3.05, 3.63) is 12.7 Å². The van der Waals surface area contributed by atoms with Crippen molar-refractivity contribution in [2.24, 2.45) is 0 Å². The van der Waals surface area contributed by atoms with Gasteiger partial charge in [0, 0.05) is 0 Å². The van der Waals surface area contributed by atoms with E-state index >= 15 is 0 Å². The molecule has 13 heavy (non-hydrogen) atoms. The van der Waals surface area contributed by atoms with Crippen molar-refractivity contribution in [1.82, 2.24) is 0 Å². The van der Waals surface area contributed by atoms with Crippen molar-refractivity contribution < 1.29 is 18.5 Å². The molecule has 5 heteroatoms. The molecular formula is C8H17O4P. The number of hydrogen-bond acceptors (Lipinski definition) is 3. The summed E-state index contributed by atoms with van der Waals surface area (Å²) in [5.41, 5.74) is 0. The molecule has 0 aromatic heterocycles. The Balaban J connectivity index is 3.50. The molecule has 1 unspecified atom stereocenters. The molecule has 0 aromatic carbocycles. The minimum atomic E-state index is -3.82. The molecule has 0 radical (unpaired) electrons. The number of phosphoric ester groups is 1. The van der Waals surface area contributed by atoms with Crippen LogP contribution in [0.3, 0.4) is 0 Å². The van der Waals surface area contributed by atoms with Gasteiger partial charge in [-0.05, 0) is 6.42 Å². The maximum absolute atomic E-state index is 11.0. The summed E-state index contributed by atoms with van der Waals surface area (Å²) < 4.78 is 20.2. The highest BCUT2D eigenvalue weighted by molar-refractivity contribution is 7.47. The Morgan fingerprint density at radius 2 is 2.15 bits per heavy atom. The average molecular weight is 208 g/mol. The van der Waals surface area contributed by atoms with Gasteiger partial charge in [-0.2, -0.15) is 0 Å². The Bertz CT molecular complexity index is 181.